The molecule has 1 rings (SSSR count). The third kappa shape index (κ3) is 2.94. The van der Waals surface area contributed by atoms with Crippen LogP contribution in [0.25, 0.3) is 0 Å². The van der Waals surface area contributed by atoms with Crippen molar-refractivity contribution in [3.8, 4) is 0 Å². The molecule has 0 radical (unpaired) electrons. The van der Waals surface area contributed by atoms with Crippen LogP contribution in [-0.2, 0) is 6.42 Å². The Balaban J connectivity index is 2.79. The number of hydrogen-bond acceptors (Lipinski definition) is 0. The molecule has 1 aromatic rings. The summed E-state index contributed by atoms with van der Waals surface area (Å²) in [6.07, 6.45) is 4.34. The van der Waals surface area contributed by atoms with E-state index in [2.05, 4.69) is 29.5 Å². The second kappa shape index (κ2) is 5.69. The van der Waals surface area contributed by atoms with Crippen LogP contribution in [0.1, 0.15) is 37.3 Å². The molecule has 0 atom stereocenters. The van der Waals surface area contributed by atoms with E-state index in [1.807, 2.05) is 19.1 Å². The van der Waals surface area contributed by atoms with Crippen molar-refractivity contribution in [1.29, 1.82) is 0 Å². The molecule has 0 aliphatic carbocycles. The van der Waals surface area contributed by atoms with E-state index in [9.17, 15) is 4.39 Å². The molecule has 0 aliphatic rings. The lowest BCUT2D eigenvalue weighted by atomic mass is 10.0. The van der Waals surface area contributed by atoms with Crippen LogP contribution in [0.2, 0.25) is 0 Å². The first-order valence-electron chi connectivity index (χ1n) is 5.10. The first-order valence-corrected chi connectivity index (χ1v) is 6.18. The normalized spacial score (nSPS) is 10.6. The number of rotatable bonds is 4. The molecular weight excluding hydrogens is 290 g/mol. The van der Waals surface area contributed by atoms with Gasteiger partial charge >= 0.3 is 0 Å². The summed E-state index contributed by atoms with van der Waals surface area (Å²) in [7, 11) is 0. The minimum Gasteiger partial charge on any atom is -0.206 e. The predicted molar refractivity (Wildman–Crippen MR) is 67.1 cm³/mol. The van der Waals surface area contributed by atoms with Gasteiger partial charge in [0.15, 0.2) is 0 Å². The van der Waals surface area contributed by atoms with Gasteiger partial charge < -0.3 is 0 Å². The van der Waals surface area contributed by atoms with Gasteiger partial charge in [-0.15, -0.1) is 0 Å². The van der Waals surface area contributed by atoms with Crippen LogP contribution in [0.3, 0.4) is 0 Å². The second-order valence-electron chi connectivity index (χ2n) is 3.61. The van der Waals surface area contributed by atoms with Crippen LogP contribution in [0.4, 0.5) is 4.39 Å². The van der Waals surface area contributed by atoms with Crippen molar-refractivity contribution < 1.29 is 4.39 Å². The van der Waals surface area contributed by atoms with Gasteiger partial charge in [0.05, 0.1) is 0 Å². The van der Waals surface area contributed by atoms with Crippen molar-refractivity contribution in [3.63, 3.8) is 0 Å². The molecule has 0 bridgehead atoms. The minimum atomic E-state index is -0.0123. The third-order valence-corrected chi connectivity index (χ3v) is 3.29. The molecule has 0 amide bonds. The maximum Gasteiger partial charge on any atom is 0.139 e. The van der Waals surface area contributed by atoms with Crippen LogP contribution in [-0.4, -0.2) is 0 Å². The molecule has 78 valence electrons. The molecule has 0 aromatic heterocycles. The predicted octanol–water partition coefficient (Wildman–Crippen LogP) is 4.47. The Kier molecular flexibility index (Phi) is 4.85. The highest BCUT2D eigenvalue weighted by atomic mass is 127. The van der Waals surface area contributed by atoms with Gasteiger partial charge in [-0.05, 0) is 59.5 Å². The molecular formula is C12H16FI. The average Bonchev–Trinajstić information content (AvgIpc) is 2.18. The fourth-order valence-corrected chi connectivity index (χ4v) is 2.05. The SMILES string of the molecule is CCCCCc1c(C)ccc(I)c1F. The standard InChI is InChI=1S/C12H16FI/c1-3-4-5-6-10-9(2)7-8-11(14)12(10)13/h7-8H,3-6H2,1-2H3. The summed E-state index contributed by atoms with van der Waals surface area (Å²) in [6.45, 7) is 4.15. The zero-order valence-corrected chi connectivity index (χ0v) is 10.9. The summed E-state index contributed by atoms with van der Waals surface area (Å²) in [5.41, 5.74) is 1.99. The van der Waals surface area contributed by atoms with E-state index in [1.165, 1.54) is 12.8 Å². The summed E-state index contributed by atoms with van der Waals surface area (Å²) in [4.78, 5) is 0. The summed E-state index contributed by atoms with van der Waals surface area (Å²) < 4.78 is 14.4. The van der Waals surface area contributed by atoms with E-state index >= 15 is 0 Å². The van der Waals surface area contributed by atoms with Crippen molar-refractivity contribution in [3.05, 3.63) is 32.6 Å². The van der Waals surface area contributed by atoms with E-state index in [0.717, 1.165) is 27.5 Å². The van der Waals surface area contributed by atoms with Gasteiger partial charge in [-0.25, -0.2) is 4.39 Å². The van der Waals surface area contributed by atoms with Gasteiger partial charge in [-0.1, -0.05) is 25.8 Å². The van der Waals surface area contributed by atoms with E-state index < -0.39 is 0 Å². The molecule has 0 N–H and O–H groups in total. The van der Waals surface area contributed by atoms with Crippen molar-refractivity contribution in [2.45, 2.75) is 39.5 Å². The molecule has 0 nitrogen and oxygen atoms in total. The van der Waals surface area contributed by atoms with Gasteiger partial charge in [0, 0.05) is 3.57 Å². The Morgan fingerprint density at radius 2 is 2.00 bits per heavy atom. The van der Waals surface area contributed by atoms with Gasteiger partial charge in [0.1, 0.15) is 5.82 Å². The molecule has 0 fully saturated rings. The minimum absolute atomic E-state index is 0.0123. The molecule has 14 heavy (non-hydrogen) atoms. The molecule has 0 aliphatic heterocycles. The van der Waals surface area contributed by atoms with Crippen molar-refractivity contribution >= 4 is 22.6 Å². The Morgan fingerprint density at radius 3 is 2.64 bits per heavy atom. The fraction of sp³-hybridized carbons (Fsp3) is 0.500. The lowest BCUT2D eigenvalue weighted by Crippen LogP contribution is -1.97. The molecule has 0 unspecified atom stereocenters. The molecule has 0 saturated carbocycles. The zero-order valence-electron chi connectivity index (χ0n) is 8.74. The van der Waals surface area contributed by atoms with Crippen LogP contribution in [0.15, 0.2) is 12.1 Å². The van der Waals surface area contributed by atoms with Crippen molar-refractivity contribution in [1.82, 2.24) is 0 Å². The van der Waals surface area contributed by atoms with Crippen molar-refractivity contribution in [2.24, 2.45) is 0 Å². The van der Waals surface area contributed by atoms with Gasteiger partial charge in [-0.2, -0.15) is 0 Å². The molecule has 0 spiro atoms. The molecule has 0 heterocycles. The average molecular weight is 306 g/mol. The van der Waals surface area contributed by atoms with Crippen LogP contribution < -0.4 is 0 Å². The smallest absolute Gasteiger partial charge is 0.139 e. The number of benzene rings is 1. The summed E-state index contributed by atoms with van der Waals surface area (Å²) in [5.74, 6) is -0.0123. The number of halogens is 2. The lowest BCUT2D eigenvalue weighted by molar-refractivity contribution is 0.590. The van der Waals surface area contributed by atoms with Crippen LogP contribution in [0.5, 0.6) is 0 Å². The van der Waals surface area contributed by atoms with E-state index in [0.29, 0.717) is 0 Å². The third-order valence-electron chi connectivity index (χ3n) is 2.46. The Morgan fingerprint density at radius 1 is 1.29 bits per heavy atom. The summed E-state index contributed by atoms with van der Waals surface area (Å²) >= 11 is 2.05. The van der Waals surface area contributed by atoms with E-state index in [-0.39, 0.29) is 5.82 Å². The number of hydrogen-bond donors (Lipinski definition) is 0. The summed E-state index contributed by atoms with van der Waals surface area (Å²) in [5, 5.41) is 0. The first-order chi connectivity index (χ1) is 6.66. The van der Waals surface area contributed by atoms with E-state index in [4.69, 9.17) is 0 Å². The van der Waals surface area contributed by atoms with Crippen molar-refractivity contribution in [2.75, 3.05) is 0 Å². The van der Waals surface area contributed by atoms with Crippen LogP contribution in [0, 0.1) is 16.3 Å². The lowest BCUT2D eigenvalue weighted by Gasteiger charge is -2.08. The summed E-state index contributed by atoms with van der Waals surface area (Å²) in [6, 6.07) is 3.85. The highest BCUT2D eigenvalue weighted by molar-refractivity contribution is 14.1. The quantitative estimate of drug-likeness (QED) is 0.568. The van der Waals surface area contributed by atoms with Gasteiger partial charge in [0.25, 0.3) is 0 Å². The maximum absolute atomic E-state index is 13.7. The van der Waals surface area contributed by atoms with E-state index in [1.54, 1.807) is 0 Å². The monoisotopic (exact) mass is 306 g/mol. The Bertz CT molecular complexity index is 307. The Labute approximate surface area is 99.0 Å². The molecule has 0 saturated heterocycles. The number of unbranched alkanes of at least 4 members (excludes halogenated alkanes) is 2. The Hall–Kier alpha value is -0.120. The number of aryl methyl sites for hydroxylation is 1. The molecule has 2 heteroatoms. The zero-order chi connectivity index (χ0) is 10.6. The van der Waals surface area contributed by atoms with Gasteiger partial charge in [0.2, 0.25) is 0 Å². The topological polar surface area (TPSA) is 0 Å². The fourth-order valence-electron chi connectivity index (χ4n) is 1.55. The molecule has 1 aromatic carbocycles. The highest BCUT2D eigenvalue weighted by Gasteiger charge is 2.08. The van der Waals surface area contributed by atoms with Gasteiger partial charge in [-0.3, -0.25) is 0 Å². The maximum atomic E-state index is 13.7. The highest BCUT2D eigenvalue weighted by Crippen LogP contribution is 2.20. The largest absolute Gasteiger partial charge is 0.206 e. The second-order valence-corrected chi connectivity index (χ2v) is 4.78. The first kappa shape index (κ1) is 12.0. The van der Waals surface area contributed by atoms with Crippen LogP contribution >= 0.6 is 22.6 Å².